The van der Waals surface area contributed by atoms with Crippen LogP contribution >= 0.6 is 0 Å². The van der Waals surface area contributed by atoms with Crippen molar-refractivity contribution in [2.75, 3.05) is 37.7 Å². The Morgan fingerprint density at radius 3 is 2.39 bits per heavy atom. The molecule has 1 heterocycles. The molecule has 2 rings (SSSR count). The summed E-state index contributed by atoms with van der Waals surface area (Å²) in [6.07, 6.45) is -4.87. The van der Waals surface area contributed by atoms with Gasteiger partial charge in [-0.25, -0.2) is 9.18 Å². The summed E-state index contributed by atoms with van der Waals surface area (Å²) < 4.78 is 83.9. The number of alkyl carbamates (subject to hydrolysis) is 1. The maximum absolute atomic E-state index is 13.7. The first-order chi connectivity index (χ1) is 21.4. The van der Waals surface area contributed by atoms with Crippen LogP contribution in [0.15, 0.2) is 18.2 Å². The highest BCUT2D eigenvalue weighted by molar-refractivity contribution is 5.99. The number of nitrogens with one attached hydrogen (secondary N) is 3. The van der Waals surface area contributed by atoms with Crippen molar-refractivity contribution in [2.45, 2.75) is 57.7 Å². The van der Waals surface area contributed by atoms with E-state index in [0.717, 1.165) is 13.2 Å². The van der Waals surface area contributed by atoms with Gasteiger partial charge < -0.3 is 40.9 Å². The minimum absolute atomic E-state index is 0.0479. The SMILES string of the molecule is CC(C(N)=O)C(=O)NCC(F)(F)C(F)(F)F.C[C@@H]1CC(=O)N(CCOC(=O)NCCNC(=O)CCCC=O)c2cc(F)ccc2O1. The second kappa shape index (κ2) is 18.4. The van der Waals surface area contributed by atoms with Gasteiger partial charge in [0.05, 0.1) is 25.2 Å². The summed E-state index contributed by atoms with van der Waals surface area (Å²) in [4.78, 5) is 68.5. The number of unbranched alkanes of at least 4 members (excludes halogenated alkanes) is 1. The van der Waals surface area contributed by atoms with E-state index in [1.54, 1.807) is 6.92 Å². The van der Waals surface area contributed by atoms with Gasteiger partial charge in [-0.05, 0) is 32.4 Å². The normalized spacial score (nSPS) is 15.1. The molecule has 0 radical (unpaired) electrons. The summed E-state index contributed by atoms with van der Waals surface area (Å²) in [6.45, 7) is 1.16. The van der Waals surface area contributed by atoms with Crippen LogP contribution in [-0.2, 0) is 28.7 Å². The summed E-state index contributed by atoms with van der Waals surface area (Å²) in [5.74, 6) is -9.48. The van der Waals surface area contributed by atoms with Crippen LogP contribution in [0.4, 0.5) is 36.8 Å². The molecular formula is C27H35F6N5O8. The number of amides is 5. The summed E-state index contributed by atoms with van der Waals surface area (Å²) in [5.41, 5.74) is 4.95. The van der Waals surface area contributed by atoms with Crippen LogP contribution in [0.25, 0.3) is 0 Å². The van der Waals surface area contributed by atoms with E-state index in [9.17, 15) is 55.1 Å². The fourth-order valence-corrected chi connectivity index (χ4v) is 3.46. The highest BCUT2D eigenvalue weighted by atomic mass is 19.4. The largest absolute Gasteiger partial charge is 0.488 e. The lowest BCUT2D eigenvalue weighted by Crippen LogP contribution is -2.49. The number of rotatable bonds is 14. The Kier molecular flexibility index (Phi) is 15.8. The van der Waals surface area contributed by atoms with Gasteiger partial charge in [0.25, 0.3) is 0 Å². The quantitative estimate of drug-likeness (QED) is 0.100. The predicted octanol–water partition coefficient (Wildman–Crippen LogP) is 1.96. The highest BCUT2D eigenvalue weighted by Crippen LogP contribution is 2.35. The van der Waals surface area contributed by atoms with Crippen LogP contribution in [0.3, 0.4) is 0 Å². The Hall–Kier alpha value is -4.58. The first-order valence-electron chi connectivity index (χ1n) is 13.8. The topological polar surface area (TPSA) is 186 Å². The monoisotopic (exact) mass is 671 g/mol. The van der Waals surface area contributed by atoms with Crippen molar-refractivity contribution in [1.82, 2.24) is 16.0 Å². The molecule has 0 saturated carbocycles. The van der Waals surface area contributed by atoms with E-state index >= 15 is 0 Å². The summed E-state index contributed by atoms with van der Waals surface area (Å²) in [5, 5.41) is 6.39. The Bertz CT molecular complexity index is 1230. The van der Waals surface area contributed by atoms with Crippen LogP contribution in [0.1, 0.15) is 39.5 Å². The Morgan fingerprint density at radius 1 is 1.13 bits per heavy atom. The zero-order valence-corrected chi connectivity index (χ0v) is 24.9. The molecule has 1 aliphatic rings. The fourth-order valence-electron chi connectivity index (χ4n) is 3.46. The molecule has 0 bridgehead atoms. The molecule has 1 unspecified atom stereocenters. The number of carbonyl (C=O) groups excluding carboxylic acids is 6. The van der Waals surface area contributed by atoms with Crippen molar-refractivity contribution in [3.63, 3.8) is 0 Å². The van der Waals surface area contributed by atoms with E-state index in [4.69, 9.17) is 9.47 Å². The number of ether oxygens (including phenoxy) is 2. The van der Waals surface area contributed by atoms with Crippen LogP contribution in [-0.4, -0.2) is 87.0 Å². The number of nitrogens with zero attached hydrogens (tertiary/aromatic N) is 1. The van der Waals surface area contributed by atoms with E-state index in [-0.39, 0.29) is 57.0 Å². The van der Waals surface area contributed by atoms with Crippen LogP contribution in [0.2, 0.25) is 0 Å². The number of fused-ring (bicyclic) bond motifs is 1. The number of halogens is 6. The zero-order valence-electron chi connectivity index (χ0n) is 24.9. The lowest BCUT2D eigenvalue weighted by molar-refractivity contribution is -0.278. The number of hydrogen-bond acceptors (Lipinski definition) is 8. The lowest BCUT2D eigenvalue weighted by Gasteiger charge is -2.21. The van der Waals surface area contributed by atoms with Gasteiger partial charge in [-0.15, -0.1) is 0 Å². The third-order valence-electron chi connectivity index (χ3n) is 6.01. The predicted molar refractivity (Wildman–Crippen MR) is 148 cm³/mol. The third kappa shape index (κ3) is 13.6. The standard InChI is InChI=1S/C20H26FN3O6.C7H9F5N2O2/c1-14-12-19(27)24(16-13-15(21)5-6-17(16)30-14)9-11-29-20(28)23-8-7-22-18(26)4-2-3-10-25;1-3(4(13)15)5(16)14-2-6(8,9)7(10,11)12/h5-6,10,13-14H,2-4,7-9,11-12H2,1H3,(H,22,26)(H,23,28);3H,2H2,1H3,(H2,13,15)(H,14,16)/t14-;/m1./s1. The summed E-state index contributed by atoms with van der Waals surface area (Å²) >= 11 is 0. The van der Waals surface area contributed by atoms with Crippen LogP contribution in [0, 0.1) is 11.7 Å². The van der Waals surface area contributed by atoms with E-state index in [1.807, 2.05) is 0 Å². The average Bonchev–Trinajstić information content (AvgIpc) is 3.07. The van der Waals surface area contributed by atoms with Gasteiger partial charge in [0.2, 0.25) is 23.6 Å². The molecule has 0 aliphatic carbocycles. The Balaban J connectivity index is 0.000000561. The van der Waals surface area contributed by atoms with Gasteiger partial charge in [-0.1, -0.05) is 0 Å². The molecule has 19 heteroatoms. The molecule has 258 valence electrons. The average molecular weight is 672 g/mol. The molecule has 46 heavy (non-hydrogen) atoms. The van der Waals surface area contributed by atoms with E-state index in [0.29, 0.717) is 24.3 Å². The maximum Gasteiger partial charge on any atom is 0.455 e. The zero-order chi connectivity index (χ0) is 35.1. The molecule has 13 nitrogen and oxygen atoms in total. The molecule has 5 amide bonds. The molecule has 1 aliphatic heterocycles. The Morgan fingerprint density at radius 2 is 1.78 bits per heavy atom. The number of nitrogens with two attached hydrogens (primary N) is 1. The summed E-state index contributed by atoms with van der Waals surface area (Å²) in [7, 11) is 0. The Labute approximate surface area is 259 Å². The number of hydrogen-bond donors (Lipinski definition) is 4. The van der Waals surface area contributed by atoms with Gasteiger partial charge in [0, 0.05) is 32.0 Å². The molecule has 0 aromatic heterocycles. The molecular weight excluding hydrogens is 636 g/mol. The van der Waals surface area contributed by atoms with Gasteiger partial charge in [-0.2, -0.15) is 22.0 Å². The van der Waals surface area contributed by atoms with Gasteiger partial charge in [0.15, 0.2) is 0 Å². The molecule has 0 fully saturated rings. The smallest absolute Gasteiger partial charge is 0.455 e. The molecule has 1 aromatic rings. The molecule has 1 aromatic carbocycles. The van der Waals surface area contributed by atoms with Gasteiger partial charge in [-0.3, -0.25) is 19.2 Å². The second-order valence-electron chi connectivity index (χ2n) is 9.81. The minimum atomic E-state index is -5.75. The minimum Gasteiger partial charge on any atom is -0.488 e. The second-order valence-corrected chi connectivity index (χ2v) is 9.81. The number of benzene rings is 1. The molecule has 5 N–H and O–H groups in total. The third-order valence-corrected chi connectivity index (χ3v) is 6.01. The molecule has 0 spiro atoms. The first kappa shape index (κ1) is 39.4. The van der Waals surface area contributed by atoms with Crippen molar-refractivity contribution < 1.29 is 64.6 Å². The van der Waals surface area contributed by atoms with Crippen molar-refractivity contribution in [3.8, 4) is 5.75 Å². The van der Waals surface area contributed by atoms with Gasteiger partial charge >= 0.3 is 18.2 Å². The van der Waals surface area contributed by atoms with Crippen molar-refractivity contribution in [2.24, 2.45) is 11.7 Å². The number of anilines is 1. The number of carbonyl (C=O) groups is 6. The van der Waals surface area contributed by atoms with Crippen LogP contribution in [0.5, 0.6) is 5.75 Å². The van der Waals surface area contributed by atoms with Crippen molar-refractivity contribution in [3.05, 3.63) is 24.0 Å². The number of aldehydes is 1. The molecule has 0 saturated heterocycles. The van der Waals surface area contributed by atoms with Crippen LogP contribution < -0.4 is 31.3 Å². The maximum atomic E-state index is 13.7. The first-order valence-corrected chi connectivity index (χ1v) is 13.8. The molecule has 2 atom stereocenters. The number of primary amides is 1. The highest BCUT2D eigenvalue weighted by Gasteiger charge is 2.57. The van der Waals surface area contributed by atoms with Crippen molar-refractivity contribution in [1.29, 1.82) is 0 Å². The van der Waals surface area contributed by atoms with Crippen molar-refractivity contribution >= 4 is 41.7 Å². The van der Waals surface area contributed by atoms with Gasteiger partial charge in [0.1, 0.15) is 36.5 Å². The van der Waals surface area contributed by atoms with E-state index < -0.39 is 48.3 Å². The van der Waals surface area contributed by atoms with E-state index in [1.165, 1.54) is 28.4 Å². The fraction of sp³-hybridized carbons (Fsp3) is 0.556. The summed E-state index contributed by atoms with van der Waals surface area (Å²) in [6, 6.07) is 3.93. The van der Waals surface area contributed by atoms with E-state index in [2.05, 4.69) is 16.4 Å². The number of alkyl halides is 5. The lowest BCUT2D eigenvalue weighted by atomic mass is 10.1.